The van der Waals surface area contributed by atoms with E-state index >= 15 is 0 Å². The van der Waals surface area contributed by atoms with Crippen molar-refractivity contribution in [3.8, 4) is 11.5 Å². The fraction of sp³-hybridized carbons (Fsp3) is 0.350. The van der Waals surface area contributed by atoms with Gasteiger partial charge in [0.05, 0.1) is 19.1 Å². The maximum absolute atomic E-state index is 12.6. The predicted octanol–water partition coefficient (Wildman–Crippen LogP) is 2.76. The van der Waals surface area contributed by atoms with Gasteiger partial charge < -0.3 is 19.5 Å². The molecular formula is C20H23NO4. The van der Waals surface area contributed by atoms with Crippen molar-refractivity contribution in [1.82, 2.24) is 4.90 Å². The molecule has 1 amide bonds. The van der Waals surface area contributed by atoms with Crippen molar-refractivity contribution in [3.63, 3.8) is 0 Å². The van der Waals surface area contributed by atoms with Crippen molar-refractivity contribution < 1.29 is 19.4 Å². The quantitative estimate of drug-likeness (QED) is 0.908. The molecule has 0 saturated carbocycles. The zero-order chi connectivity index (χ0) is 17.6. The largest absolute Gasteiger partial charge is 0.508 e. The second-order valence-corrected chi connectivity index (χ2v) is 6.26. The predicted molar refractivity (Wildman–Crippen MR) is 94.6 cm³/mol. The Morgan fingerprint density at radius 2 is 2.08 bits per heavy atom. The third-order valence-electron chi connectivity index (χ3n) is 4.22. The van der Waals surface area contributed by atoms with E-state index in [4.69, 9.17) is 9.47 Å². The number of hydrogen-bond acceptors (Lipinski definition) is 4. The number of hydrogen-bond donors (Lipinski definition) is 1. The van der Waals surface area contributed by atoms with Crippen LogP contribution in [0.15, 0.2) is 48.5 Å². The normalized spacial score (nSPS) is 17.3. The molecule has 3 rings (SSSR count). The molecule has 1 aliphatic heterocycles. The first-order valence-electron chi connectivity index (χ1n) is 8.50. The van der Waals surface area contributed by atoms with Crippen molar-refractivity contribution in [2.24, 2.45) is 0 Å². The van der Waals surface area contributed by atoms with E-state index in [1.807, 2.05) is 37.3 Å². The molecule has 2 aromatic carbocycles. The van der Waals surface area contributed by atoms with Gasteiger partial charge in [-0.1, -0.05) is 30.3 Å². The molecule has 1 aliphatic rings. The van der Waals surface area contributed by atoms with E-state index in [0.29, 0.717) is 37.6 Å². The van der Waals surface area contributed by atoms with Crippen LogP contribution in [0.5, 0.6) is 11.5 Å². The Labute approximate surface area is 147 Å². The number of aromatic hydroxyl groups is 1. The molecule has 1 fully saturated rings. The van der Waals surface area contributed by atoms with Crippen molar-refractivity contribution in [1.29, 1.82) is 0 Å². The third kappa shape index (κ3) is 4.73. The van der Waals surface area contributed by atoms with Gasteiger partial charge >= 0.3 is 0 Å². The van der Waals surface area contributed by atoms with Gasteiger partial charge in [0.2, 0.25) is 5.91 Å². The number of amides is 1. The molecule has 0 aromatic heterocycles. The van der Waals surface area contributed by atoms with Crippen LogP contribution in [0.1, 0.15) is 18.1 Å². The Hall–Kier alpha value is -2.53. The molecule has 132 valence electrons. The molecule has 0 spiro atoms. The zero-order valence-electron chi connectivity index (χ0n) is 14.4. The number of carbonyl (C=O) groups is 1. The Balaban J connectivity index is 1.69. The summed E-state index contributed by atoms with van der Waals surface area (Å²) in [6.45, 7) is 4.13. The summed E-state index contributed by atoms with van der Waals surface area (Å²) in [5, 5.41) is 9.79. The first-order valence-corrected chi connectivity index (χ1v) is 8.50. The average molecular weight is 341 g/mol. The summed E-state index contributed by atoms with van der Waals surface area (Å²) in [5.41, 5.74) is 1.75. The second kappa shape index (κ2) is 8.03. The van der Waals surface area contributed by atoms with Gasteiger partial charge in [0.1, 0.15) is 18.1 Å². The fourth-order valence-corrected chi connectivity index (χ4v) is 2.90. The number of phenolic OH excluding ortho intramolecular Hbond substituents is 1. The van der Waals surface area contributed by atoms with E-state index in [2.05, 4.69) is 0 Å². The summed E-state index contributed by atoms with van der Waals surface area (Å²) in [5.74, 6) is 0.770. The monoisotopic (exact) mass is 341 g/mol. The van der Waals surface area contributed by atoms with Gasteiger partial charge in [0.25, 0.3) is 0 Å². The Morgan fingerprint density at radius 3 is 2.84 bits per heavy atom. The van der Waals surface area contributed by atoms with Crippen LogP contribution < -0.4 is 4.74 Å². The maximum atomic E-state index is 12.6. The summed E-state index contributed by atoms with van der Waals surface area (Å²) in [6.07, 6.45) is 0.251. The van der Waals surface area contributed by atoms with Crippen LogP contribution in [-0.4, -0.2) is 41.7 Å². The van der Waals surface area contributed by atoms with Crippen LogP contribution in [0.3, 0.4) is 0 Å². The molecule has 0 bridgehead atoms. The lowest BCUT2D eigenvalue weighted by Crippen LogP contribution is -2.45. The smallest absolute Gasteiger partial charge is 0.227 e. The van der Waals surface area contributed by atoms with Crippen LogP contribution in [0.4, 0.5) is 0 Å². The van der Waals surface area contributed by atoms with E-state index in [1.54, 1.807) is 23.1 Å². The van der Waals surface area contributed by atoms with Crippen LogP contribution >= 0.6 is 0 Å². The van der Waals surface area contributed by atoms with Gasteiger partial charge in [-0.3, -0.25) is 4.79 Å². The first-order chi connectivity index (χ1) is 12.1. The van der Waals surface area contributed by atoms with Crippen molar-refractivity contribution in [3.05, 3.63) is 59.7 Å². The minimum absolute atomic E-state index is 0.0188. The summed E-state index contributed by atoms with van der Waals surface area (Å²) >= 11 is 0. The average Bonchev–Trinajstić information content (AvgIpc) is 2.62. The number of rotatable bonds is 5. The highest BCUT2D eigenvalue weighted by Gasteiger charge is 2.22. The van der Waals surface area contributed by atoms with Gasteiger partial charge in [-0.2, -0.15) is 0 Å². The van der Waals surface area contributed by atoms with Gasteiger partial charge in [-0.15, -0.1) is 0 Å². The molecule has 1 N–H and O–H groups in total. The first kappa shape index (κ1) is 17.3. The third-order valence-corrected chi connectivity index (χ3v) is 4.22. The molecule has 5 nitrogen and oxygen atoms in total. The lowest BCUT2D eigenvalue weighted by Gasteiger charge is -2.31. The molecule has 25 heavy (non-hydrogen) atoms. The molecule has 1 heterocycles. The Bertz CT molecular complexity index is 717. The molecule has 1 atom stereocenters. The standard InChI is InChI=1S/C20H23NO4/c1-15-13-21(9-10-24-15)20(23)12-17-11-18(22)7-8-19(17)25-14-16-5-3-2-4-6-16/h2-8,11,15,22H,9-10,12-14H2,1H3/t15-/m0/s1. The number of carbonyl (C=O) groups excluding carboxylic acids is 1. The number of benzene rings is 2. The van der Waals surface area contributed by atoms with Crippen LogP contribution in [0.25, 0.3) is 0 Å². The van der Waals surface area contributed by atoms with Crippen LogP contribution in [0, 0.1) is 0 Å². The lowest BCUT2D eigenvalue weighted by molar-refractivity contribution is -0.137. The van der Waals surface area contributed by atoms with Gasteiger partial charge in [0, 0.05) is 18.7 Å². The second-order valence-electron chi connectivity index (χ2n) is 6.26. The fourth-order valence-electron chi connectivity index (χ4n) is 2.90. The highest BCUT2D eigenvalue weighted by Crippen LogP contribution is 2.25. The highest BCUT2D eigenvalue weighted by molar-refractivity contribution is 5.79. The van der Waals surface area contributed by atoms with E-state index in [-0.39, 0.29) is 24.2 Å². The number of nitrogens with zero attached hydrogens (tertiary/aromatic N) is 1. The summed E-state index contributed by atoms with van der Waals surface area (Å²) in [4.78, 5) is 14.4. The summed E-state index contributed by atoms with van der Waals surface area (Å²) < 4.78 is 11.4. The number of morpholine rings is 1. The Kier molecular flexibility index (Phi) is 5.56. The van der Waals surface area contributed by atoms with Crippen molar-refractivity contribution in [2.75, 3.05) is 19.7 Å². The number of phenols is 1. The van der Waals surface area contributed by atoms with Crippen molar-refractivity contribution >= 4 is 5.91 Å². The molecule has 0 aliphatic carbocycles. The SMILES string of the molecule is C[C@H]1CN(C(=O)Cc2cc(O)ccc2OCc2ccccc2)CCO1. The molecule has 1 saturated heterocycles. The Morgan fingerprint density at radius 1 is 1.28 bits per heavy atom. The van der Waals surface area contributed by atoms with E-state index < -0.39 is 0 Å². The van der Waals surface area contributed by atoms with E-state index in [1.165, 1.54) is 0 Å². The van der Waals surface area contributed by atoms with E-state index in [9.17, 15) is 9.90 Å². The van der Waals surface area contributed by atoms with Crippen LogP contribution in [-0.2, 0) is 22.6 Å². The lowest BCUT2D eigenvalue weighted by atomic mass is 10.1. The maximum Gasteiger partial charge on any atom is 0.227 e. The van der Waals surface area contributed by atoms with Crippen molar-refractivity contribution in [2.45, 2.75) is 26.1 Å². The molecule has 0 unspecified atom stereocenters. The van der Waals surface area contributed by atoms with Gasteiger partial charge in [-0.25, -0.2) is 0 Å². The minimum Gasteiger partial charge on any atom is -0.508 e. The molecule has 0 radical (unpaired) electrons. The highest BCUT2D eigenvalue weighted by atomic mass is 16.5. The zero-order valence-corrected chi connectivity index (χ0v) is 14.4. The van der Waals surface area contributed by atoms with Gasteiger partial charge in [-0.05, 0) is 30.7 Å². The van der Waals surface area contributed by atoms with Crippen LogP contribution in [0.2, 0.25) is 0 Å². The molecular weight excluding hydrogens is 318 g/mol. The summed E-state index contributed by atoms with van der Waals surface area (Å²) in [7, 11) is 0. The molecule has 5 heteroatoms. The topological polar surface area (TPSA) is 59.0 Å². The molecule has 2 aromatic rings. The van der Waals surface area contributed by atoms with Gasteiger partial charge in [0.15, 0.2) is 0 Å². The summed E-state index contributed by atoms with van der Waals surface area (Å²) in [6, 6.07) is 14.7. The van der Waals surface area contributed by atoms with E-state index in [0.717, 1.165) is 5.56 Å². The number of ether oxygens (including phenoxy) is 2. The minimum atomic E-state index is 0.0188.